The Morgan fingerprint density at radius 2 is 1.00 bits per heavy atom. The topological polar surface area (TPSA) is 0 Å². The van der Waals surface area contributed by atoms with E-state index in [1.54, 1.807) is 0 Å². The maximum atomic E-state index is 0. The van der Waals surface area contributed by atoms with Crippen molar-refractivity contribution in [2.45, 2.75) is 0 Å². The van der Waals surface area contributed by atoms with Gasteiger partial charge in [0.25, 0.3) is 0 Å². The van der Waals surface area contributed by atoms with E-state index in [1.807, 2.05) is 0 Å². The summed E-state index contributed by atoms with van der Waals surface area (Å²) in [6.45, 7) is 0. The fourth-order valence-corrected chi connectivity index (χ4v) is 0. The molecule has 36 valence electrons. The van der Waals surface area contributed by atoms with Gasteiger partial charge in [0.2, 0.25) is 0 Å². The van der Waals surface area contributed by atoms with Gasteiger partial charge in [-0.15, -0.1) is 53.4 Å². The van der Waals surface area contributed by atoms with Crippen molar-refractivity contribution in [3.63, 3.8) is 0 Å². The number of hydrogen-bond donors (Lipinski definition) is 0. The summed E-state index contributed by atoms with van der Waals surface area (Å²) in [6, 6.07) is 0. The summed E-state index contributed by atoms with van der Waals surface area (Å²) in [4.78, 5) is 0. The molecule has 0 atom stereocenters. The maximum Gasteiger partial charge on any atom is 2.00 e. The first kappa shape index (κ1) is 45.1. The first-order chi connectivity index (χ1) is 0. The van der Waals surface area contributed by atoms with Crippen LogP contribution in [0.2, 0.25) is 0 Å². The van der Waals surface area contributed by atoms with Crippen molar-refractivity contribution >= 4 is 152 Å². The second-order valence-electron chi connectivity index (χ2n) is 0. The van der Waals surface area contributed by atoms with E-state index in [0.29, 0.717) is 0 Å². The van der Waals surface area contributed by atoms with E-state index in [-0.39, 0.29) is 160 Å². The van der Waals surface area contributed by atoms with Crippen molar-refractivity contribution in [1.82, 2.24) is 0 Å². The van der Waals surface area contributed by atoms with Crippen LogP contribution in [0.3, 0.4) is 0 Å². The molecule has 0 radical (unpaired) electrons. The van der Waals surface area contributed by atoms with Crippen LogP contribution in [0.25, 0.3) is 0 Å². The minimum Gasteiger partial charge on any atom is -1.00 e. The molecule has 0 aromatic carbocycles. The Labute approximate surface area is 157 Å². The van der Waals surface area contributed by atoms with Crippen LogP contribution in [-0.2, 0) is 0 Å². The summed E-state index contributed by atoms with van der Waals surface area (Å²) in [5, 5.41) is 0. The quantitative estimate of drug-likeness (QED) is 0.452. The molecular weight excluding hydrogens is 347 g/mol. The molecule has 0 amide bonds. The van der Waals surface area contributed by atoms with Gasteiger partial charge < -0.3 is 8.56 Å². The standard InChI is InChI=1S/BrH.2Ca.ClH.HI.Mg.6H/h1H;;;2*1H;;;;;;;/q;2*+2;;;+2;6*-1. The van der Waals surface area contributed by atoms with E-state index in [9.17, 15) is 0 Å². The normalized spacial score (nSPS) is 0. The zero-order valence-corrected chi connectivity index (χ0v) is 14.0. The minimum atomic E-state index is 0. The molecule has 0 aliphatic heterocycles. The molecule has 0 fully saturated rings. The number of rotatable bonds is 0. The Morgan fingerprint density at radius 1 is 1.00 bits per heavy atom. The molecule has 0 heterocycles. The van der Waals surface area contributed by atoms with Gasteiger partial charge in [0.05, 0.1) is 0 Å². The zero-order valence-electron chi connectivity index (χ0n) is 9.35. The van der Waals surface area contributed by atoms with E-state index in [2.05, 4.69) is 0 Å². The largest absolute Gasteiger partial charge is 2.00 e. The Bertz CT molecular complexity index is 25.5. The molecule has 6 heavy (non-hydrogen) atoms. The summed E-state index contributed by atoms with van der Waals surface area (Å²) >= 11 is 0. The average molecular weight is 356 g/mol. The molecule has 0 rings (SSSR count). The van der Waals surface area contributed by atoms with Crippen molar-refractivity contribution < 1.29 is 8.56 Å². The number of halogens is 3. The zero-order chi connectivity index (χ0) is 0. The van der Waals surface area contributed by atoms with Gasteiger partial charge in [-0.05, 0) is 0 Å². The van der Waals surface area contributed by atoms with Crippen LogP contribution in [0, 0.1) is 0 Å². The molecular formula is H9BrCa2ClIMg. The van der Waals surface area contributed by atoms with Crippen molar-refractivity contribution in [2.24, 2.45) is 0 Å². The fourth-order valence-electron chi connectivity index (χ4n) is 0. The molecule has 0 unspecified atom stereocenters. The van der Waals surface area contributed by atoms with E-state index in [4.69, 9.17) is 0 Å². The summed E-state index contributed by atoms with van der Waals surface area (Å²) in [7, 11) is 0. The molecule has 0 aliphatic rings. The molecule has 0 bridgehead atoms. The van der Waals surface area contributed by atoms with Gasteiger partial charge in [0.1, 0.15) is 0 Å². The van der Waals surface area contributed by atoms with Crippen molar-refractivity contribution in [3.8, 4) is 0 Å². The van der Waals surface area contributed by atoms with Crippen molar-refractivity contribution in [2.75, 3.05) is 0 Å². The van der Waals surface area contributed by atoms with Crippen LogP contribution in [0.15, 0.2) is 0 Å². The summed E-state index contributed by atoms with van der Waals surface area (Å²) in [6.07, 6.45) is 0. The monoisotopic (exact) mass is 354 g/mol. The fraction of sp³-hybridized carbons (Fsp3) is 0. The molecule has 0 aromatic heterocycles. The van der Waals surface area contributed by atoms with E-state index in [0.717, 1.165) is 0 Å². The molecule has 0 aliphatic carbocycles. The minimum absolute atomic E-state index is 0. The Hall–Kier alpha value is 4.79. The predicted molar refractivity (Wildman–Crippen MR) is 56.9 cm³/mol. The van der Waals surface area contributed by atoms with Crippen LogP contribution in [-0.4, -0.2) is 98.5 Å². The molecule has 0 N–H and O–H groups in total. The Balaban J connectivity index is 0. The van der Waals surface area contributed by atoms with Gasteiger partial charge in [-0.25, -0.2) is 0 Å². The molecule has 6 heteroatoms. The van der Waals surface area contributed by atoms with E-state index in [1.165, 1.54) is 0 Å². The van der Waals surface area contributed by atoms with Gasteiger partial charge in [-0.2, -0.15) is 0 Å². The maximum absolute atomic E-state index is 0. The predicted octanol–water partition coefficient (Wildman–Crippen LogP) is 1.15. The SMILES string of the molecule is Br.Cl.I.[Ca+2].[Ca+2].[H-].[H-].[H-].[H-].[H-].[H-].[Mg+2]. The first-order valence-corrected chi connectivity index (χ1v) is 0. The van der Waals surface area contributed by atoms with Crippen LogP contribution >= 0.6 is 53.4 Å². The molecule has 0 saturated heterocycles. The van der Waals surface area contributed by atoms with Gasteiger partial charge in [-0.3, -0.25) is 0 Å². The van der Waals surface area contributed by atoms with Gasteiger partial charge in [0, 0.05) is 0 Å². The third-order valence-corrected chi connectivity index (χ3v) is 0. The molecule has 0 spiro atoms. The summed E-state index contributed by atoms with van der Waals surface area (Å²) in [5.41, 5.74) is 0. The third kappa shape index (κ3) is 23.3. The van der Waals surface area contributed by atoms with Crippen LogP contribution in [0.4, 0.5) is 0 Å². The van der Waals surface area contributed by atoms with Crippen LogP contribution in [0.1, 0.15) is 8.56 Å². The Morgan fingerprint density at radius 3 is 1.00 bits per heavy atom. The first-order valence-electron chi connectivity index (χ1n) is 0. The van der Waals surface area contributed by atoms with Crippen LogP contribution < -0.4 is 0 Å². The van der Waals surface area contributed by atoms with Gasteiger partial charge >= 0.3 is 98.5 Å². The third-order valence-electron chi connectivity index (χ3n) is 0. The van der Waals surface area contributed by atoms with Crippen LogP contribution in [0.5, 0.6) is 0 Å². The van der Waals surface area contributed by atoms with Crippen molar-refractivity contribution in [1.29, 1.82) is 0 Å². The molecule has 0 aromatic rings. The second kappa shape index (κ2) is 33.0. The summed E-state index contributed by atoms with van der Waals surface area (Å²) < 4.78 is 0. The second-order valence-corrected chi connectivity index (χ2v) is 0. The van der Waals surface area contributed by atoms with Gasteiger partial charge in [-0.1, -0.05) is 0 Å². The van der Waals surface area contributed by atoms with Crippen molar-refractivity contribution in [3.05, 3.63) is 0 Å². The smallest absolute Gasteiger partial charge is 1.00 e. The van der Waals surface area contributed by atoms with E-state index < -0.39 is 0 Å². The average Bonchev–Trinajstić information content (AvgIpc) is 0. The molecule has 0 nitrogen and oxygen atoms in total. The van der Waals surface area contributed by atoms with E-state index >= 15 is 0 Å². The number of hydrogen-bond acceptors (Lipinski definition) is 0. The Kier molecular flexibility index (Phi) is 248. The van der Waals surface area contributed by atoms with Gasteiger partial charge in [0.15, 0.2) is 0 Å². The summed E-state index contributed by atoms with van der Waals surface area (Å²) in [5.74, 6) is 0. The molecule has 0 saturated carbocycles.